The maximum Gasteiger partial charge on any atom is 0.222 e. The van der Waals surface area contributed by atoms with Gasteiger partial charge in [-0.25, -0.2) is 8.78 Å². The predicted octanol–water partition coefficient (Wildman–Crippen LogP) is 3.72. The molecule has 2 unspecified atom stereocenters. The molecule has 0 aliphatic carbocycles. The smallest absolute Gasteiger partial charge is 0.222 e. The van der Waals surface area contributed by atoms with E-state index in [1.165, 1.54) is 6.20 Å². The van der Waals surface area contributed by atoms with E-state index in [-0.39, 0.29) is 23.6 Å². The van der Waals surface area contributed by atoms with Crippen molar-refractivity contribution < 1.29 is 13.6 Å². The first kappa shape index (κ1) is 17.6. The van der Waals surface area contributed by atoms with E-state index < -0.39 is 11.6 Å². The number of H-pyrrole nitrogens is 1. The number of fused-ring (bicyclic) bond motifs is 2. The second-order valence-corrected chi connectivity index (χ2v) is 8.32. The molecule has 1 amide bonds. The van der Waals surface area contributed by atoms with Gasteiger partial charge in [-0.05, 0) is 50.2 Å². The van der Waals surface area contributed by atoms with Gasteiger partial charge in [-0.2, -0.15) is 5.10 Å². The van der Waals surface area contributed by atoms with Gasteiger partial charge in [0.1, 0.15) is 0 Å². The molecule has 3 saturated heterocycles. The van der Waals surface area contributed by atoms with E-state index in [0.717, 1.165) is 45.2 Å². The van der Waals surface area contributed by atoms with Crippen molar-refractivity contribution >= 4 is 11.6 Å². The number of aromatic nitrogens is 2. The van der Waals surface area contributed by atoms with Crippen LogP contribution in [0.2, 0.25) is 0 Å². The number of likely N-dealkylation sites (tertiary alicyclic amines) is 1. The topological polar surface area (TPSA) is 52.2 Å². The molecule has 5 nitrogen and oxygen atoms in total. The third-order valence-electron chi connectivity index (χ3n) is 6.63. The molecule has 0 saturated carbocycles. The van der Waals surface area contributed by atoms with Gasteiger partial charge in [0.05, 0.1) is 11.9 Å². The maximum absolute atomic E-state index is 15.0. The summed E-state index contributed by atoms with van der Waals surface area (Å²) in [5.74, 6) is -0.876. The van der Waals surface area contributed by atoms with Crippen molar-refractivity contribution in [2.45, 2.75) is 50.6 Å². The van der Waals surface area contributed by atoms with Gasteiger partial charge in [0.25, 0.3) is 0 Å². The van der Waals surface area contributed by atoms with Crippen molar-refractivity contribution in [2.24, 2.45) is 5.92 Å². The van der Waals surface area contributed by atoms with Crippen LogP contribution in [-0.2, 0) is 4.79 Å². The summed E-state index contributed by atoms with van der Waals surface area (Å²) in [6.07, 6.45) is 8.55. The molecule has 5 rings (SSSR count). The normalized spacial score (nSPS) is 27.1. The van der Waals surface area contributed by atoms with Crippen LogP contribution < -0.4 is 4.90 Å². The third-order valence-corrected chi connectivity index (χ3v) is 6.63. The number of rotatable bonds is 4. The van der Waals surface area contributed by atoms with Crippen LogP contribution in [0, 0.1) is 17.6 Å². The second-order valence-electron chi connectivity index (χ2n) is 8.32. The maximum atomic E-state index is 15.0. The summed E-state index contributed by atoms with van der Waals surface area (Å²) in [4.78, 5) is 16.0. The number of carbonyl (C=O) groups excluding carboxylic acids is 1. The van der Waals surface area contributed by atoms with Gasteiger partial charge in [-0.1, -0.05) is 0 Å². The number of carbonyl (C=O) groups is 1. The van der Waals surface area contributed by atoms with Gasteiger partial charge >= 0.3 is 0 Å². The number of halogens is 2. The molecular weight excluding hydrogens is 362 g/mol. The minimum absolute atomic E-state index is 0.218. The fraction of sp³-hybridized carbons (Fsp3) is 0.524. The standard InChI is InChI=1S/C21H24F2N4O/c22-20-17(14-10-24-25-11-14)5-6-18(21(20)23)27-15-3-4-16(27)9-13(8-15)12-26-7-1-2-19(26)28/h5-6,10-11,13,15-16H,1-4,7-9,12H2,(H,24,25). The van der Waals surface area contributed by atoms with E-state index in [0.29, 0.717) is 23.6 Å². The summed E-state index contributed by atoms with van der Waals surface area (Å²) in [6, 6.07) is 3.79. The molecule has 7 heteroatoms. The number of nitrogens with one attached hydrogen (secondary N) is 1. The summed E-state index contributed by atoms with van der Waals surface area (Å²) in [5, 5.41) is 6.46. The van der Waals surface area contributed by atoms with Crippen molar-refractivity contribution in [2.75, 3.05) is 18.0 Å². The Morgan fingerprint density at radius 1 is 1.14 bits per heavy atom. The Hall–Kier alpha value is -2.44. The molecule has 148 valence electrons. The zero-order valence-electron chi connectivity index (χ0n) is 15.7. The summed E-state index contributed by atoms with van der Waals surface area (Å²) >= 11 is 0. The third kappa shape index (κ3) is 2.88. The highest BCUT2D eigenvalue weighted by Gasteiger charge is 2.43. The molecule has 3 aliphatic heterocycles. The number of aromatic amines is 1. The van der Waals surface area contributed by atoms with Crippen LogP contribution in [0.15, 0.2) is 24.5 Å². The Morgan fingerprint density at radius 3 is 2.57 bits per heavy atom. The number of hydrogen-bond donors (Lipinski definition) is 1. The van der Waals surface area contributed by atoms with Crippen molar-refractivity contribution in [3.8, 4) is 11.1 Å². The molecule has 1 aromatic heterocycles. The highest BCUT2D eigenvalue weighted by molar-refractivity contribution is 5.78. The Labute approximate surface area is 162 Å². The van der Waals surface area contributed by atoms with E-state index >= 15 is 0 Å². The number of amides is 1. The number of hydrogen-bond acceptors (Lipinski definition) is 3. The van der Waals surface area contributed by atoms with Gasteiger partial charge in [-0.15, -0.1) is 0 Å². The van der Waals surface area contributed by atoms with Gasteiger partial charge in [0.2, 0.25) is 5.91 Å². The zero-order valence-corrected chi connectivity index (χ0v) is 15.7. The predicted molar refractivity (Wildman–Crippen MR) is 102 cm³/mol. The summed E-state index contributed by atoms with van der Waals surface area (Å²) in [5.41, 5.74) is 1.14. The Balaban J connectivity index is 1.36. The zero-order chi connectivity index (χ0) is 19.3. The Bertz CT molecular complexity index is 871. The van der Waals surface area contributed by atoms with E-state index in [1.807, 2.05) is 4.90 Å². The lowest BCUT2D eigenvalue weighted by Gasteiger charge is -2.41. The van der Waals surface area contributed by atoms with Gasteiger partial charge < -0.3 is 9.80 Å². The van der Waals surface area contributed by atoms with Crippen molar-refractivity contribution in [1.29, 1.82) is 0 Å². The number of piperidine rings is 1. The molecule has 4 heterocycles. The van der Waals surface area contributed by atoms with E-state index in [4.69, 9.17) is 0 Å². The molecule has 2 bridgehead atoms. The molecule has 2 atom stereocenters. The fourth-order valence-electron chi connectivity index (χ4n) is 5.40. The summed E-state index contributed by atoms with van der Waals surface area (Å²) in [6.45, 7) is 1.68. The summed E-state index contributed by atoms with van der Waals surface area (Å²) in [7, 11) is 0. The molecule has 1 aromatic carbocycles. The minimum atomic E-state index is -0.817. The lowest BCUT2D eigenvalue weighted by atomic mass is 9.89. The molecule has 3 fully saturated rings. The largest absolute Gasteiger partial charge is 0.363 e. The molecular formula is C21H24F2N4O. The van der Waals surface area contributed by atoms with Crippen molar-refractivity contribution in [1.82, 2.24) is 15.1 Å². The highest BCUT2D eigenvalue weighted by Crippen LogP contribution is 2.44. The minimum Gasteiger partial charge on any atom is -0.363 e. The first-order valence-electron chi connectivity index (χ1n) is 10.1. The van der Waals surface area contributed by atoms with Gasteiger partial charge in [-0.3, -0.25) is 9.89 Å². The average molecular weight is 386 g/mol. The van der Waals surface area contributed by atoms with E-state index in [2.05, 4.69) is 15.1 Å². The molecule has 0 radical (unpaired) electrons. The first-order valence-corrected chi connectivity index (χ1v) is 10.1. The Morgan fingerprint density at radius 2 is 1.93 bits per heavy atom. The van der Waals surface area contributed by atoms with Gasteiger partial charge in [0.15, 0.2) is 11.6 Å². The monoisotopic (exact) mass is 386 g/mol. The van der Waals surface area contributed by atoms with Crippen LogP contribution in [0.5, 0.6) is 0 Å². The highest BCUT2D eigenvalue weighted by atomic mass is 19.2. The SMILES string of the molecule is O=C1CCCN1CC1CC2CCC(C1)N2c1ccc(-c2cn[nH]c2)c(F)c1F. The van der Waals surface area contributed by atoms with Crippen molar-refractivity contribution in [3.63, 3.8) is 0 Å². The molecule has 0 spiro atoms. The van der Waals surface area contributed by atoms with Crippen LogP contribution in [0.25, 0.3) is 11.1 Å². The number of nitrogens with zero attached hydrogens (tertiary/aromatic N) is 3. The Kier molecular flexibility index (Phi) is 4.33. The number of benzene rings is 1. The number of anilines is 1. The molecule has 2 aromatic rings. The molecule has 28 heavy (non-hydrogen) atoms. The van der Waals surface area contributed by atoms with Crippen LogP contribution in [-0.4, -0.2) is 46.2 Å². The summed E-state index contributed by atoms with van der Waals surface area (Å²) < 4.78 is 29.7. The lowest BCUT2D eigenvalue weighted by molar-refractivity contribution is -0.128. The van der Waals surface area contributed by atoms with E-state index in [9.17, 15) is 13.6 Å². The second kappa shape index (κ2) is 6.87. The van der Waals surface area contributed by atoms with Crippen LogP contribution in [0.4, 0.5) is 14.5 Å². The average Bonchev–Trinajstić information content (AvgIpc) is 3.40. The molecule has 3 aliphatic rings. The fourth-order valence-corrected chi connectivity index (χ4v) is 5.40. The quantitative estimate of drug-likeness (QED) is 0.871. The molecule has 1 N–H and O–H groups in total. The van der Waals surface area contributed by atoms with Crippen LogP contribution in [0.3, 0.4) is 0 Å². The first-order chi connectivity index (χ1) is 13.6. The van der Waals surface area contributed by atoms with Crippen LogP contribution >= 0.6 is 0 Å². The van der Waals surface area contributed by atoms with Crippen molar-refractivity contribution in [3.05, 3.63) is 36.2 Å². The van der Waals surface area contributed by atoms with E-state index in [1.54, 1.807) is 18.3 Å². The van der Waals surface area contributed by atoms with Crippen LogP contribution in [0.1, 0.15) is 38.5 Å². The lowest BCUT2D eigenvalue weighted by Crippen LogP contribution is -2.46. The van der Waals surface area contributed by atoms with Gasteiger partial charge in [0, 0.05) is 48.9 Å².